The summed E-state index contributed by atoms with van der Waals surface area (Å²) in [6.45, 7) is 0. The minimum absolute atomic E-state index is 0.0507. The van der Waals surface area contributed by atoms with Crippen LogP contribution >= 0.6 is 15.9 Å². The lowest BCUT2D eigenvalue weighted by atomic mass is 9.86. The highest BCUT2D eigenvalue weighted by Crippen LogP contribution is 2.42. The first kappa shape index (κ1) is 12.6. The van der Waals surface area contributed by atoms with E-state index >= 15 is 0 Å². The van der Waals surface area contributed by atoms with Crippen LogP contribution in [0.1, 0.15) is 17.5 Å². The summed E-state index contributed by atoms with van der Waals surface area (Å²) >= 11 is 3.47. The third kappa shape index (κ3) is 1.81. The fraction of sp³-hybridized carbons (Fsp3) is 0.125. The largest absolute Gasteiger partial charge is 0.323 e. The molecule has 0 aromatic heterocycles. The first-order valence-corrected chi connectivity index (χ1v) is 7.49. The number of halogens is 1. The number of anilines is 1. The number of carbonyl (C=O) groups is 1. The second-order valence-corrected chi connectivity index (χ2v) is 6.18. The number of carbonyl (C=O) groups excluding carboxylic acids is 1. The Morgan fingerprint density at radius 3 is 2.76 bits per heavy atom. The van der Waals surface area contributed by atoms with Crippen LogP contribution in [0.25, 0.3) is 0 Å². The molecule has 1 spiro atoms. The van der Waals surface area contributed by atoms with E-state index in [0.717, 1.165) is 27.0 Å². The first-order valence-electron chi connectivity index (χ1n) is 6.70. The number of hydrazone groups is 1. The van der Waals surface area contributed by atoms with Crippen LogP contribution in [0, 0.1) is 0 Å². The van der Waals surface area contributed by atoms with Gasteiger partial charge in [0.05, 0.1) is 5.71 Å². The number of hydrogen-bond acceptors (Lipinski definition) is 3. The summed E-state index contributed by atoms with van der Waals surface area (Å²) in [5.74, 6) is -0.0507. The molecule has 104 valence electrons. The van der Waals surface area contributed by atoms with Gasteiger partial charge in [-0.25, -0.2) is 0 Å². The van der Waals surface area contributed by atoms with E-state index in [2.05, 4.69) is 31.8 Å². The van der Waals surface area contributed by atoms with E-state index in [-0.39, 0.29) is 5.91 Å². The van der Waals surface area contributed by atoms with Gasteiger partial charge in [0.25, 0.3) is 5.91 Å². The smallest absolute Gasteiger partial charge is 0.256 e. The Morgan fingerprint density at radius 2 is 1.95 bits per heavy atom. The van der Waals surface area contributed by atoms with Crippen LogP contribution in [0.5, 0.6) is 0 Å². The molecule has 2 aromatic rings. The van der Waals surface area contributed by atoms with Gasteiger partial charge in [0.2, 0.25) is 0 Å². The van der Waals surface area contributed by atoms with Crippen molar-refractivity contribution in [2.24, 2.45) is 5.10 Å². The van der Waals surface area contributed by atoms with Crippen LogP contribution in [0.3, 0.4) is 0 Å². The number of rotatable bonds is 1. The molecule has 0 bridgehead atoms. The Kier molecular flexibility index (Phi) is 2.65. The van der Waals surface area contributed by atoms with Gasteiger partial charge in [0, 0.05) is 22.1 Å². The number of fused-ring (bicyclic) bond motifs is 2. The van der Waals surface area contributed by atoms with Crippen molar-refractivity contribution in [2.75, 3.05) is 5.32 Å². The van der Waals surface area contributed by atoms with Gasteiger partial charge in [-0.05, 0) is 23.8 Å². The second kappa shape index (κ2) is 4.43. The molecule has 5 heteroatoms. The molecule has 0 saturated carbocycles. The predicted octanol–water partition coefficient (Wildman–Crippen LogP) is 2.99. The monoisotopic (exact) mass is 341 g/mol. The number of nitrogens with zero attached hydrogens (tertiary/aromatic N) is 1. The van der Waals surface area contributed by atoms with Crippen LogP contribution in [-0.2, 0) is 10.3 Å². The lowest BCUT2D eigenvalue weighted by Crippen LogP contribution is -2.42. The van der Waals surface area contributed by atoms with Crippen LogP contribution in [0.2, 0.25) is 0 Å². The number of benzene rings is 2. The maximum Gasteiger partial charge on any atom is 0.256 e. The maximum absolute atomic E-state index is 12.5. The van der Waals surface area contributed by atoms with E-state index in [1.54, 1.807) is 0 Å². The fourth-order valence-corrected chi connectivity index (χ4v) is 3.27. The van der Waals surface area contributed by atoms with Gasteiger partial charge in [0.1, 0.15) is 0 Å². The summed E-state index contributed by atoms with van der Waals surface area (Å²) in [5.41, 5.74) is 6.01. The Morgan fingerprint density at radius 1 is 1.14 bits per heavy atom. The average Bonchev–Trinajstić information content (AvgIpc) is 3.06. The van der Waals surface area contributed by atoms with Crippen molar-refractivity contribution >= 4 is 33.2 Å². The van der Waals surface area contributed by atoms with Crippen molar-refractivity contribution in [3.63, 3.8) is 0 Å². The number of amides is 1. The highest BCUT2D eigenvalue weighted by Gasteiger charge is 2.50. The van der Waals surface area contributed by atoms with Gasteiger partial charge in [-0.15, -0.1) is 0 Å². The van der Waals surface area contributed by atoms with E-state index in [1.165, 1.54) is 0 Å². The number of hydrogen-bond donors (Lipinski definition) is 2. The van der Waals surface area contributed by atoms with E-state index in [9.17, 15) is 4.79 Å². The maximum atomic E-state index is 12.5. The van der Waals surface area contributed by atoms with Gasteiger partial charge in [-0.3, -0.25) is 10.2 Å². The molecule has 0 aliphatic carbocycles. The van der Waals surface area contributed by atoms with Crippen LogP contribution < -0.4 is 10.7 Å². The zero-order valence-corrected chi connectivity index (χ0v) is 12.6. The Bertz CT molecular complexity index is 772. The topological polar surface area (TPSA) is 53.5 Å². The predicted molar refractivity (Wildman–Crippen MR) is 85.2 cm³/mol. The van der Waals surface area contributed by atoms with Crippen molar-refractivity contribution in [1.29, 1.82) is 0 Å². The van der Waals surface area contributed by atoms with Crippen molar-refractivity contribution in [3.05, 3.63) is 64.1 Å². The molecule has 0 fully saturated rings. The Labute approximate surface area is 130 Å². The van der Waals surface area contributed by atoms with E-state index < -0.39 is 5.54 Å². The molecule has 2 heterocycles. The summed E-state index contributed by atoms with van der Waals surface area (Å²) in [7, 11) is 0. The molecule has 4 rings (SSSR count). The van der Waals surface area contributed by atoms with Crippen molar-refractivity contribution < 1.29 is 4.79 Å². The highest BCUT2D eigenvalue weighted by atomic mass is 79.9. The Balaban J connectivity index is 1.76. The molecular weight excluding hydrogens is 330 g/mol. The quantitative estimate of drug-likeness (QED) is 0.837. The summed E-state index contributed by atoms with van der Waals surface area (Å²) in [5, 5.41) is 7.34. The normalized spacial score (nSPS) is 22.7. The molecule has 2 N–H and O–H groups in total. The minimum atomic E-state index is -0.787. The van der Waals surface area contributed by atoms with E-state index in [1.807, 2.05) is 48.5 Å². The molecule has 0 unspecified atom stereocenters. The third-order valence-electron chi connectivity index (χ3n) is 4.00. The van der Waals surface area contributed by atoms with E-state index in [4.69, 9.17) is 0 Å². The van der Waals surface area contributed by atoms with Crippen LogP contribution in [-0.4, -0.2) is 11.6 Å². The molecule has 2 aliphatic rings. The average molecular weight is 342 g/mol. The Hall–Kier alpha value is -2.14. The molecule has 4 nitrogen and oxygen atoms in total. The van der Waals surface area contributed by atoms with Crippen molar-refractivity contribution in [2.45, 2.75) is 12.0 Å². The molecule has 1 amide bonds. The molecule has 1 atom stereocenters. The summed E-state index contributed by atoms with van der Waals surface area (Å²) in [4.78, 5) is 12.5. The minimum Gasteiger partial charge on any atom is -0.323 e. The van der Waals surface area contributed by atoms with Gasteiger partial charge >= 0.3 is 0 Å². The molecule has 0 saturated heterocycles. The van der Waals surface area contributed by atoms with Gasteiger partial charge in [-0.1, -0.05) is 46.3 Å². The highest BCUT2D eigenvalue weighted by molar-refractivity contribution is 9.10. The molecule has 2 aliphatic heterocycles. The second-order valence-electron chi connectivity index (χ2n) is 5.26. The first-order chi connectivity index (χ1) is 10.2. The molecular formula is C16H12BrN3O. The SMILES string of the molecule is O=C1Nc2ccc(Br)cc2[C@]12CC(c1ccccc1)=NN2. The van der Waals surface area contributed by atoms with Gasteiger partial charge in [0.15, 0.2) is 5.54 Å². The van der Waals surface area contributed by atoms with Crippen LogP contribution in [0.15, 0.2) is 58.1 Å². The molecule has 0 radical (unpaired) electrons. The zero-order valence-electron chi connectivity index (χ0n) is 11.1. The lowest BCUT2D eigenvalue weighted by molar-refractivity contribution is -0.121. The van der Waals surface area contributed by atoms with Crippen molar-refractivity contribution in [3.8, 4) is 0 Å². The fourth-order valence-electron chi connectivity index (χ4n) is 2.91. The van der Waals surface area contributed by atoms with Crippen LogP contribution in [0.4, 0.5) is 5.69 Å². The number of nitrogens with one attached hydrogen (secondary N) is 2. The summed E-state index contributed by atoms with van der Waals surface area (Å²) in [6, 6.07) is 15.7. The van der Waals surface area contributed by atoms with Gasteiger partial charge in [-0.2, -0.15) is 5.10 Å². The summed E-state index contributed by atoms with van der Waals surface area (Å²) in [6.07, 6.45) is 0.548. The summed E-state index contributed by atoms with van der Waals surface area (Å²) < 4.78 is 0.951. The van der Waals surface area contributed by atoms with E-state index in [0.29, 0.717) is 6.42 Å². The third-order valence-corrected chi connectivity index (χ3v) is 4.49. The lowest BCUT2D eigenvalue weighted by Gasteiger charge is -2.21. The molecule has 21 heavy (non-hydrogen) atoms. The van der Waals surface area contributed by atoms with Gasteiger partial charge < -0.3 is 5.32 Å². The molecule has 2 aromatic carbocycles. The zero-order chi connectivity index (χ0) is 14.4. The standard InChI is InChI=1S/C16H12BrN3O/c17-11-6-7-13-12(8-11)16(15(21)18-13)9-14(19-20-16)10-4-2-1-3-5-10/h1-8,20H,9H2,(H,18,21)/t16-/m1/s1. The van der Waals surface area contributed by atoms with Crippen molar-refractivity contribution in [1.82, 2.24) is 5.43 Å².